The molecule has 0 saturated carbocycles. The summed E-state index contributed by atoms with van der Waals surface area (Å²) >= 11 is 0. The molecule has 27 heavy (non-hydrogen) atoms. The second kappa shape index (κ2) is 8.71. The number of carbonyl (C=O) groups excluding carboxylic acids is 2. The number of benzene rings is 2. The normalized spacial score (nSPS) is 10.3. The zero-order chi connectivity index (χ0) is 19.1. The third kappa shape index (κ3) is 5.22. The van der Waals surface area contributed by atoms with Gasteiger partial charge in [-0.1, -0.05) is 30.3 Å². The highest BCUT2D eigenvalue weighted by molar-refractivity contribution is 6.04. The Morgan fingerprint density at radius 1 is 1.00 bits per heavy atom. The van der Waals surface area contributed by atoms with Crippen LogP contribution in [0, 0.1) is 5.82 Å². The van der Waals surface area contributed by atoms with Crippen molar-refractivity contribution in [2.75, 3.05) is 5.32 Å². The molecule has 5 nitrogen and oxygen atoms in total. The number of rotatable bonds is 6. The minimum atomic E-state index is -0.372. The Labute approximate surface area is 156 Å². The molecular weight excluding hydrogens is 345 g/mol. The second-order valence-electron chi connectivity index (χ2n) is 5.94. The van der Waals surface area contributed by atoms with Gasteiger partial charge in [0.1, 0.15) is 5.82 Å². The average molecular weight is 363 g/mol. The molecule has 1 heterocycles. The van der Waals surface area contributed by atoms with Crippen LogP contribution < -0.4 is 10.6 Å². The Morgan fingerprint density at radius 3 is 2.63 bits per heavy atom. The van der Waals surface area contributed by atoms with E-state index < -0.39 is 0 Å². The van der Waals surface area contributed by atoms with Crippen LogP contribution in [0.5, 0.6) is 0 Å². The summed E-state index contributed by atoms with van der Waals surface area (Å²) in [6.45, 7) is 0.248. The number of hydrogen-bond acceptors (Lipinski definition) is 3. The lowest BCUT2D eigenvalue weighted by Gasteiger charge is -2.12. The van der Waals surface area contributed by atoms with Crippen molar-refractivity contribution in [2.24, 2.45) is 0 Å². The molecule has 0 radical (unpaired) electrons. The maximum atomic E-state index is 13.2. The van der Waals surface area contributed by atoms with Crippen LogP contribution in [0.4, 0.5) is 10.1 Å². The minimum absolute atomic E-state index is 0.0853. The highest BCUT2D eigenvalue weighted by Gasteiger charge is 2.10. The molecule has 0 fully saturated rings. The number of hydrogen-bond donors (Lipinski definition) is 2. The lowest BCUT2D eigenvalue weighted by molar-refractivity contribution is -0.120. The molecule has 0 atom stereocenters. The maximum absolute atomic E-state index is 13.2. The number of para-hydroxylation sites is 1. The van der Waals surface area contributed by atoms with Crippen LogP contribution in [0.2, 0.25) is 0 Å². The van der Waals surface area contributed by atoms with Gasteiger partial charge in [0, 0.05) is 24.6 Å². The molecule has 2 N–H and O–H groups in total. The highest BCUT2D eigenvalue weighted by atomic mass is 19.1. The Morgan fingerprint density at radius 2 is 1.85 bits per heavy atom. The van der Waals surface area contributed by atoms with Crippen molar-refractivity contribution >= 4 is 17.5 Å². The van der Waals surface area contributed by atoms with E-state index in [4.69, 9.17) is 0 Å². The number of aromatic nitrogens is 1. The van der Waals surface area contributed by atoms with E-state index in [1.165, 1.54) is 18.3 Å². The minimum Gasteiger partial charge on any atom is -0.352 e. The number of anilines is 1. The zero-order valence-electron chi connectivity index (χ0n) is 14.5. The lowest BCUT2D eigenvalue weighted by atomic mass is 10.1. The number of nitrogens with zero attached hydrogens (tertiary/aromatic N) is 1. The van der Waals surface area contributed by atoms with Gasteiger partial charge < -0.3 is 10.6 Å². The van der Waals surface area contributed by atoms with Crippen molar-refractivity contribution in [3.8, 4) is 0 Å². The number of halogens is 1. The Balaban J connectivity index is 1.62. The molecule has 3 rings (SSSR count). The third-order valence-corrected chi connectivity index (χ3v) is 3.92. The van der Waals surface area contributed by atoms with E-state index in [0.29, 0.717) is 16.8 Å². The average Bonchev–Trinajstić information content (AvgIpc) is 2.68. The van der Waals surface area contributed by atoms with E-state index in [-0.39, 0.29) is 30.6 Å². The van der Waals surface area contributed by atoms with Crippen molar-refractivity contribution in [1.29, 1.82) is 0 Å². The zero-order valence-corrected chi connectivity index (χ0v) is 14.5. The first-order valence-corrected chi connectivity index (χ1v) is 8.42. The van der Waals surface area contributed by atoms with Crippen molar-refractivity contribution in [3.05, 3.63) is 95.6 Å². The van der Waals surface area contributed by atoms with E-state index in [1.54, 1.807) is 42.6 Å². The molecule has 0 aliphatic heterocycles. The second-order valence-corrected chi connectivity index (χ2v) is 5.94. The maximum Gasteiger partial charge on any atom is 0.257 e. The standard InChI is InChI=1S/C21H18FN3O2/c22-18-8-3-5-15(11-18)12-20(26)24-14-16-6-1-2-9-19(16)25-21(27)17-7-4-10-23-13-17/h1-11,13H,12,14H2,(H,24,26)(H,25,27). The topological polar surface area (TPSA) is 71.1 Å². The fraction of sp³-hybridized carbons (Fsp3) is 0.0952. The molecule has 136 valence electrons. The van der Waals surface area contributed by atoms with Crippen molar-refractivity contribution in [2.45, 2.75) is 13.0 Å². The predicted molar refractivity (Wildman–Crippen MR) is 101 cm³/mol. The molecule has 6 heteroatoms. The number of nitrogens with one attached hydrogen (secondary N) is 2. The molecular formula is C21H18FN3O2. The predicted octanol–water partition coefficient (Wildman–Crippen LogP) is 3.33. The van der Waals surface area contributed by atoms with Gasteiger partial charge in [0.2, 0.25) is 5.91 Å². The SMILES string of the molecule is O=C(Cc1cccc(F)c1)NCc1ccccc1NC(=O)c1cccnc1. The van der Waals surface area contributed by atoms with Crippen molar-refractivity contribution in [1.82, 2.24) is 10.3 Å². The number of amides is 2. The molecule has 0 aliphatic carbocycles. The number of carbonyl (C=O) groups is 2. The van der Waals surface area contributed by atoms with Crippen LogP contribution in [0.15, 0.2) is 73.1 Å². The van der Waals surface area contributed by atoms with E-state index >= 15 is 0 Å². The first-order valence-electron chi connectivity index (χ1n) is 8.42. The smallest absolute Gasteiger partial charge is 0.257 e. The van der Waals surface area contributed by atoms with Crippen LogP contribution in [0.25, 0.3) is 0 Å². The summed E-state index contributed by atoms with van der Waals surface area (Å²) in [5.74, 6) is -0.876. The largest absolute Gasteiger partial charge is 0.352 e. The summed E-state index contributed by atoms with van der Waals surface area (Å²) in [6.07, 6.45) is 3.17. The highest BCUT2D eigenvalue weighted by Crippen LogP contribution is 2.16. The van der Waals surface area contributed by atoms with E-state index in [9.17, 15) is 14.0 Å². The fourth-order valence-corrected chi connectivity index (χ4v) is 2.58. The summed E-state index contributed by atoms with van der Waals surface area (Å²) < 4.78 is 13.2. The van der Waals surface area contributed by atoms with Crippen molar-refractivity contribution < 1.29 is 14.0 Å². The first kappa shape index (κ1) is 18.3. The van der Waals surface area contributed by atoms with Gasteiger partial charge in [-0.3, -0.25) is 14.6 Å². The van der Waals surface area contributed by atoms with Crippen LogP contribution in [0.1, 0.15) is 21.5 Å². The Bertz CT molecular complexity index is 945. The summed E-state index contributed by atoms with van der Waals surface area (Å²) in [7, 11) is 0. The van der Waals surface area contributed by atoms with Crippen LogP contribution in [-0.2, 0) is 17.8 Å². The van der Waals surface area contributed by atoms with E-state index in [1.807, 2.05) is 12.1 Å². The van der Waals surface area contributed by atoms with Gasteiger partial charge in [0.25, 0.3) is 5.91 Å². The third-order valence-electron chi connectivity index (χ3n) is 3.92. The molecule has 0 bridgehead atoms. The molecule has 0 saturated heterocycles. The van der Waals surface area contributed by atoms with Gasteiger partial charge in [-0.15, -0.1) is 0 Å². The summed E-state index contributed by atoms with van der Waals surface area (Å²) in [5, 5.41) is 5.62. The lowest BCUT2D eigenvalue weighted by Crippen LogP contribution is -2.25. The van der Waals surface area contributed by atoms with Gasteiger partial charge in [0.05, 0.1) is 12.0 Å². The quantitative estimate of drug-likeness (QED) is 0.706. The van der Waals surface area contributed by atoms with E-state index in [0.717, 1.165) is 5.56 Å². The fourth-order valence-electron chi connectivity index (χ4n) is 2.58. The van der Waals surface area contributed by atoms with Gasteiger partial charge in [-0.05, 0) is 41.5 Å². The number of pyridine rings is 1. The molecule has 1 aromatic heterocycles. The molecule has 2 aromatic carbocycles. The summed E-state index contributed by atoms with van der Waals surface area (Å²) in [4.78, 5) is 28.4. The molecule has 3 aromatic rings. The summed E-state index contributed by atoms with van der Waals surface area (Å²) in [6, 6.07) is 16.5. The van der Waals surface area contributed by atoms with Gasteiger partial charge in [0.15, 0.2) is 0 Å². The summed E-state index contributed by atoms with van der Waals surface area (Å²) in [5.41, 5.74) is 2.42. The van der Waals surface area contributed by atoms with Crippen LogP contribution >= 0.6 is 0 Å². The molecule has 0 spiro atoms. The molecule has 2 amide bonds. The molecule has 0 aliphatic rings. The Kier molecular flexibility index (Phi) is 5.89. The Hall–Kier alpha value is -3.54. The van der Waals surface area contributed by atoms with Crippen LogP contribution in [-0.4, -0.2) is 16.8 Å². The monoisotopic (exact) mass is 363 g/mol. The van der Waals surface area contributed by atoms with Crippen LogP contribution in [0.3, 0.4) is 0 Å². The van der Waals surface area contributed by atoms with Gasteiger partial charge in [-0.2, -0.15) is 0 Å². The van der Waals surface area contributed by atoms with Gasteiger partial charge >= 0.3 is 0 Å². The van der Waals surface area contributed by atoms with Crippen molar-refractivity contribution in [3.63, 3.8) is 0 Å². The van der Waals surface area contributed by atoms with E-state index in [2.05, 4.69) is 15.6 Å². The molecule has 0 unspecified atom stereocenters. The van der Waals surface area contributed by atoms with Gasteiger partial charge in [-0.25, -0.2) is 4.39 Å². The first-order chi connectivity index (χ1) is 13.1.